The van der Waals surface area contributed by atoms with Crippen LogP contribution in [0.5, 0.6) is 0 Å². The summed E-state index contributed by atoms with van der Waals surface area (Å²) in [5.41, 5.74) is -0.472. The molecule has 130 valence electrons. The molecular formula is C16H27N3O3S. The molecule has 0 radical (unpaired) electrons. The van der Waals surface area contributed by atoms with Crippen molar-refractivity contribution in [2.45, 2.75) is 58.6 Å². The lowest BCUT2D eigenvalue weighted by Gasteiger charge is -2.34. The lowest BCUT2D eigenvalue weighted by molar-refractivity contribution is -0.126. The lowest BCUT2D eigenvalue weighted by atomic mass is 9.95. The number of likely N-dealkylation sites (tertiary alicyclic amines) is 1. The number of carbonyl (C=O) groups is 2. The first-order valence-electron chi connectivity index (χ1n) is 8.27. The molecule has 2 atom stereocenters. The second-order valence-corrected chi connectivity index (χ2v) is 7.77. The zero-order valence-corrected chi connectivity index (χ0v) is 15.2. The largest absolute Gasteiger partial charge is 0.444 e. The van der Waals surface area contributed by atoms with Gasteiger partial charge in [0.25, 0.3) is 5.91 Å². The number of ether oxygens (including phenoxy) is 1. The van der Waals surface area contributed by atoms with E-state index in [9.17, 15) is 9.59 Å². The molecule has 0 aromatic carbocycles. The maximum absolute atomic E-state index is 12.2. The third-order valence-corrected chi connectivity index (χ3v) is 4.49. The lowest BCUT2D eigenvalue weighted by Crippen LogP contribution is -2.43. The van der Waals surface area contributed by atoms with Gasteiger partial charge in [0, 0.05) is 19.6 Å². The molecule has 2 amide bonds. The second-order valence-electron chi connectivity index (χ2n) is 7.38. The van der Waals surface area contributed by atoms with E-state index in [0.717, 1.165) is 25.8 Å². The third kappa shape index (κ3) is 4.80. The van der Waals surface area contributed by atoms with Crippen LogP contribution in [0.1, 0.15) is 47.0 Å². The molecule has 0 saturated carbocycles. The Morgan fingerprint density at radius 2 is 2.13 bits per heavy atom. The summed E-state index contributed by atoms with van der Waals surface area (Å²) < 4.78 is 5.44. The van der Waals surface area contributed by atoms with Crippen molar-refractivity contribution in [3.63, 3.8) is 0 Å². The van der Waals surface area contributed by atoms with E-state index in [2.05, 4.69) is 5.32 Å². The maximum atomic E-state index is 12.2. The molecule has 23 heavy (non-hydrogen) atoms. The van der Waals surface area contributed by atoms with E-state index in [0.29, 0.717) is 24.1 Å². The highest BCUT2D eigenvalue weighted by Gasteiger charge is 2.33. The van der Waals surface area contributed by atoms with Crippen molar-refractivity contribution in [3.8, 4) is 0 Å². The van der Waals surface area contributed by atoms with Gasteiger partial charge in [-0.15, -0.1) is 0 Å². The van der Waals surface area contributed by atoms with Gasteiger partial charge in [-0.05, 0) is 65.1 Å². The summed E-state index contributed by atoms with van der Waals surface area (Å²) in [5.74, 6) is 0.414. The number of thiocarbonyl (C=S) groups is 1. The minimum atomic E-state index is -0.472. The predicted molar refractivity (Wildman–Crippen MR) is 92.1 cm³/mol. The van der Waals surface area contributed by atoms with Crippen LogP contribution in [0.25, 0.3) is 0 Å². The maximum Gasteiger partial charge on any atom is 0.410 e. The van der Waals surface area contributed by atoms with E-state index in [-0.39, 0.29) is 18.0 Å². The van der Waals surface area contributed by atoms with Gasteiger partial charge in [0.15, 0.2) is 5.11 Å². The predicted octanol–water partition coefficient (Wildman–Crippen LogP) is 2.13. The van der Waals surface area contributed by atoms with Crippen LogP contribution in [0, 0.1) is 5.92 Å². The minimum absolute atomic E-state index is 0.0369. The molecule has 0 aromatic rings. The summed E-state index contributed by atoms with van der Waals surface area (Å²) in [6.45, 7) is 9.49. The first kappa shape index (κ1) is 18.0. The van der Waals surface area contributed by atoms with E-state index in [1.165, 1.54) is 0 Å². The van der Waals surface area contributed by atoms with Gasteiger partial charge in [-0.25, -0.2) is 4.79 Å². The molecule has 0 bridgehead atoms. The van der Waals surface area contributed by atoms with Crippen molar-refractivity contribution in [2.75, 3.05) is 19.6 Å². The number of carbonyl (C=O) groups excluding carboxylic acids is 2. The van der Waals surface area contributed by atoms with Gasteiger partial charge in [-0.3, -0.25) is 9.69 Å². The average molecular weight is 341 g/mol. The van der Waals surface area contributed by atoms with Crippen LogP contribution in [-0.4, -0.2) is 58.2 Å². The van der Waals surface area contributed by atoms with E-state index in [1.54, 1.807) is 9.80 Å². The quantitative estimate of drug-likeness (QED) is 0.797. The van der Waals surface area contributed by atoms with Crippen LogP contribution >= 0.6 is 12.2 Å². The van der Waals surface area contributed by atoms with Gasteiger partial charge in [0.2, 0.25) is 0 Å². The number of hydrogen-bond acceptors (Lipinski definition) is 4. The van der Waals surface area contributed by atoms with E-state index >= 15 is 0 Å². The Hall–Kier alpha value is -1.37. The minimum Gasteiger partial charge on any atom is -0.444 e. The molecule has 2 rings (SSSR count). The van der Waals surface area contributed by atoms with Crippen LogP contribution in [-0.2, 0) is 9.53 Å². The highest BCUT2D eigenvalue weighted by molar-refractivity contribution is 7.80. The zero-order chi connectivity index (χ0) is 17.2. The molecular weight excluding hydrogens is 314 g/mol. The zero-order valence-electron chi connectivity index (χ0n) is 14.4. The molecule has 2 heterocycles. The molecule has 6 nitrogen and oxygen atoms in total. The normalized spacial score (nSPS) is 25.6. The van der Waals surface area contributed by atoms with Gasteiger partial charge in [-0.2, -0.15) is 0 Å². The first-order chi connectivity index (χ1) is 10.7. The highest BCUT2D eigenvalue weighted by atomic mass is 32.1. The van der Waals surface area contributed by atoms with Crippen LogP contribution in [0.2, 0.25) is 0 Å². The Labute approximate surface area is 143 Å². The van der Waals surface area contributed by atoms with Crippen molar-refractivity contribution in [3.05, 3.63) is 0 Å². The van der Waals surface area contributed by atoms with Crippen LogP contribution in [0.15, 0.2) is 0 Å². The summed E-state index contributed by atoms with van der Waals surface area (Å²) in [6.07, 6.45) is 2.64. The number of nitrogens with one attached hydrogen (secondary N) is 1. The summed E-state index contributed by atoms with van der Waals surface area (Å²) in [7, 11) is 0. The molecule has 2 aliphatic rings. The summed E-state index contributed by atoms with van der Waals surface area (Å²) in [4.78, 5) is 27.6. The molecule has 1 N–H and O–H groups in total. The van der Waals surface area contributed by atoms with Crippen molar-refractivity contribution in [1.82, 2.24) is 15.1 Å². The fourth-order valence-electron chi connectivity index (χ4n) is 2.98. The van der Waals surface area contributed by atoms with Crippen molar-refractivity contribution >= 4 is 29.3 Å². The number of amides is 2. The van der Waals surface area contributed by atoms with Gasteiger partial charge < -0.3 is 15.0 Å². The van der Waals surface area contributed by atoms with Crippen molar-refractivity contribution < 1.29 is 14.3 Å². The van der Waals surface area contributed by atoms with Crippen molar-refractivity contribution in [2.24, 2.45) is 5.92 Å². The van der Waals surface area contributed by atoms with Gasteiger partial charge in [0.05, 0.1) is 0 Å². The van der Waals surface area contributed by atoms with Gasteiger partial charge in [-0.1, -0.05) is 0 Å². The number of piperidine rings is 1. The fraction of sp³-hybridized carbons (Fsp3) is 0.812. The molecule has 7 heteroatoms. The fourth-order valence-corrected chi connectivity index (χ4v) is 3.33. The molecule has 2 fully saturated rings. The number of rotatable bonds is 3. The number of hydrogen-bond donors (Lipinski definition) is 1. The van der Waals surface area contributed by atoms with Gasteiger partial charge in [0.1, 0.15) is 11.6 Å². The van der Waals surface area contributed by atoms with E-state index in [1.807, 2.05) is 27.7 Å². The molecule has 0 aliphatic carbocycles. The SMILES string of the molecule is C[C@H]1NC(=S)N(CC[C@H]2CCCN(C(=O)OC(C)(C)C)C2)C1=O. The topological polar surface area (TPSA) is 61.9 Å². The molecule has 0 aromatic heterocycles. The van der Waals surface area contributed by atoms with Gasteiger partial charge >= 0.3 is 6.09 Å². The summed E-state index contributed by atoms with van der Waals surface area (Å²) >= 11 is 5.20. The van der Waals surface area contributed by atoms with E-state index in [4.69, 9.17) is 17.0 Å². The Morgan fingerprint density at radius 1 is 1.43 bits per heavy atom. The van der Waals surface area contributed by atoms with E-state index < -0.39 is 5.60 Å². The molecule has 2 aliphatic heterocycles. The Balaban J connectivity index is 1.84. The first-order valence-corrected chi connectivity index (χ1v) is 8.68. The summed E-state index contributed by atoms with van der Waals surface area (Å²) in [5, 5.41) is 3.50. The van der Waals surface area contributed by atoms with Crippen LogP contribution < -0.4 is 5.32 Å². The Morgan fingerprint density at radius 3 is 2.70 bits per heavy atom. The Kier molecular flexibility index (Phi) is 5.49. The molecule has 2 saturated heterocycles. The highest BCUT2D eigenvalue weighted by Crippen LogP contribution is 2.22. The average Bonchev–Trinajstić information content (AvgIpc) is 2.69. The third-order valence-electron chi connectivity index (χ3n) is 4.15. The smallest absolute Gasteiger partial charge is 0.410 e. The number of nitrogens with zero attached hydrogens (tertiary/aromatic N) is 2. The summed E-state index contributed by atoms with van der Waals surface area (Å²) in [6, 6.07) is -0.230. The van der Waals surface area contributed by atoms with Crippen LogP contribution in [0.4, 0.5) is 4.79 Å². The Bertz CT molecular complexity index is 489. The second kappa shape index (κ2) is 7.03. The molecule has 0 spiro atoms. The monoisotopic (exact) mass is 341 g/mol. The van der Waals surface area contributed by atoms with Crippen LogP contribution in [0.3, 0.4) is 0 Å². The standard InChI is InChI=1S/C16H27N3O3S/c1-11-13(20)19(14(23)17-11)9-7-12-6-5-8-18(10-12)15(21)22-16(2,3)4/h11-12H,5-10H2,1-4H3,(H,17,23)/t11-,12-/m1/s1. The molecule has 0 unspecified atom stereocenters. The van der Waals surface area contributed by atoms with Crippen molar-refractivity contribution in [1.29, 1.82) is 0 Å².